The van der Waals surface area contributed by atoms with Gasteiger partial charge in [-0.3, -0.25) is 0 Å². The molecule has 0 spiro atoms. The van der Waals surface area contributed by atoms with Crippen LogP contribution in [0.4, 0.5) is 0 Å². The van der Waals surface area contributed by atoms with Gasteiger partial charge in [0.25, 0.3) is 0 Å². The van der Waals surface area contributed by atoms with Crippen molar-refractivity contribution < 1.29 is 8.42 Å². The maximum Gasteiger partial charge on any atom is 0.243 e. The van der Waals surface area contributed by atoms with Gasteiger partial charge in [-0.1, -0.05) is 18.9 Å². The summed E-state index contributed by atoms with van der Waals surface area (Å²) in [5, 5.41) is 0. The second-order valence-corrected chi connectivity index (χ2v) is 7.72. The van der Waals surface area contributed by atoms with Crippen LogP contribution in [0.5, 0.6) is 0 Å². The van der Waals surface area contributed by atoms with Gasteiger partial charge in [-0.25, -0.2) is 8.42 Å². The predicted molar refractivity (Wildman–Crippen MR) is 82.8 cm³/mol. The van der Waals surface area contributed by atoms with Crippen LogP contribution in [0.1, 0.15) is 36.8 Å². The SMILES string of the molecule is Cc1ccc(S(=O)(=O)N2CCCCCC2CCl)cc1C. The van der Waals surface area contributed by atoms with Gasteiger partial charge < -0.3 is 0 Å². The summed E-state index contributed by atoms with van der Waals surface area (Å²) in [5.41, 5.74) is 2.11. The molecule has 1 fully saturated rings. The zero-order valence-corrected chi connectivity index (χ0v) is 13.7. The van der Waals surface area contributed by atoms with Crippen molar-refractivity contribution in [2.24, 2.45) is 0 Å². The molecule has 3 nitrogen and oxygen atoms in total. The van der Waals surface area contributed by atoms with E-state index in [2.05, 4.69) is 0 Å². The summed E-state index contributed by atoms with van der Waals surface area (Å²) in [5.74, 6) is 0.365. The smallest absolute Gasteiger partial charge is 0.207 e. The van der Waals surface area contributed by atoms with Crippen LogP contribution in [-0.4, -0.2) is 31.2 Å². The minimum absolute atomic E-state index is 0.0780. The number of halogens is 1. The molecule has 0 N–H and O–H groups in total. The Kier molecular flexibility index (Phi) is 5.10. The Morgan fingerprint density at radius 3 is 2.60 bits per heavy atom. The summed E-state index contributed by atoms with van der Waals surface area (Å²) in [6.07, 6.45) is 3.90. The molecule has 1 heterocycles. The summed E-state index contributed by atoms with van der Waals surface area (Å²) >= 11 is 5.99. The Hall–Kier alpha value is -0.580. The number of nitrogens with zero attached hydrogens (tertiary/aromatic N) is 1. The standard InChI is InChI=1S/C15H22ClNO2S/c1-12-7-8-15(10-13(12)2)20(18,19)17-9-5-3-4-6-14(17)11-16/h7-8,10,14H,3-6,9,11H2,1-2H3. The van der Waals surface area contributed by atoms with Crippen molar-refractivity contribution in [2.45, 2.75) is 50.5 Å². The van der Waals surface area contributed by atoms with E-state index in [4.69, 9.17) is 11.6 Å². The van der Waals surface area contributed by atoms with Crippen LogP contribution in [0, 0.1) is 13.8 Å². The average Bonchev–Trinajstić information content (AvgIpc) is 2.67. The molecule has 1 aliphatic rings. The van der Waals surface area contributed by atoms with Gasteiger partial charge >= 0.3 is 0 Å². The van der Waals surface area contributed by atoms with Crippen molar-refractivity contribution in [3.8, 4) is 0 Å². The van der Waals surface area contributed by atoms with Crippen LogP contribution in [-0.2, 0) is 10.0 Å². The van der Waals surface area contributed by atoms with E-state index in [0.29, 0.717) is 17.3 Å². The molecule has 1 atom stereocenters. The minimum atomic E-state index is -3.44. The molecule has 1 aromatic carbocycles. The van der Waals surface area contributed by atoms with Crippen molar-refractivity contribution in [1.29, 1.82) is 0 Å². The zero-order valence-electron chi connectivity index (χ0n) is 12.1. The highest BCUT2D eigenvalue weighted by Crippen LogP contribution is 2.26. The quantitative estimate of drug-likeness (QED) is 0.801. The molecule has 0 amide bonds. The number of alkyl halides is 1. The Bertz CT molecular complexity index is 571. The molecule has 0 aliphatic carbocycles. The fourth-order valence-electron chi connectivity index (χ4n) is 2.63. The van der Waals surface area contributed by atoms with Crippen molar-refractivity contribution in [3.05, 3.63) is 29.3 Å². The highest BCUT2D eigenvalue weighted by molar-refractivity contribution is 7.89. The molecule has 0 radical (unpaired) electrons. The molecule has 5 heteroatoms. The van der Waals surface area contributed by atoms with Crippen LogP contribution in [0.3, 0.4) is 0 Å². The first-order chi connectivity index (χ1) is 9.46. The maximum atomic E-state index is 12.8. The van der Waals surface area contributed by atoms with Crippen molar-refractivity contribution in [2.75, 3.05) is 12.4 Å². The molecule has 0 aromatic heterocycles. The van der Waals surface area contributed by atoms with E-state index >= 15 is 0 Å². The molecule has 112 valence electrons. The first-order valence-electron chi connectivity index (χ1n) is 7.12. The lowest BCUT2D eigenvalue weighted by Crippen LogP contribution is -2.41. The minimum Gasteiger partial charge on any atom is -0.207 e. The van der Waals surface area contributed by atoms with Gasteiger partial charge in [0.15, 0.2) is 0 Å². The summed E-state index contributed by atoms with van der Waals surface area (Å²) < 4.78 is 27.3. The highest BCUT2D eigenvalue weighted by Gasteiger charge is 2.31. The van der Waals surface area contributed by atoms with Crippen LogP contribution in [0.2, 0.25) is 0 Å². The summed E-state index contributed by atoms with van der Waals surface area (Å²) in [6, 6.07) is 5.26. The second kappa shape index (κ2) is 6.46. The molecular weight excluding hydrogens is 294 g/mol. The van der Waals surface area contributed by atoms with Crippen molar-refractivity contribution >= 4 is 21.6 Å². The second-order valence-electron chi connectivity index (χ2n) is 5.52. The predicted octanol–water partition coefficient (Wildman–Crippen LogP) is 3.48. The summed E-state index contributed by atoms with van der Waals surface area (Å²) in [7, 11) is -3.44. The maximum absolute atomic E-state index is 12.8. The third kappa shape index (κ3) is 3.18. The number of benzene rings is 1. The summed E-state index contributed by atoms with van der Waals surface area (Å²) in [6.45, 7) is 4.50. The molecule has 2 rings (SSSR count). The lowest BCUT2D eigenvalue weighted by Gasteiger charge is -2.27. The van der Waals surface area contributed by atoms with E-state index in [1.807, 2.05) is 19.9 Å². The highest BCUT2D eigenvalue weighted by atomic mass is 35.5. The number of hydrogen-bond acceptors (Lipinski definition) is 2. The van der Waals surface area contributed by atoms with Gasteiger partial charge in [0.05, 0.1) is 4.90 Å². The van der Waals surface area contributed by atoms with Crippen LogP contribution in [0.25, 0.3) is 0 Å². The van der Waals surface area contributed by atoms with E-state index in [1.54, 1.807) is 16.4 Å². The molecule has 1 aromatic rings. The van der Waals surface area contributed by atoms with Crippen LogP contribution in [0.15, 0.2) is 23.1 Å². The van der Waals surface area contributed by atoms with E-state index in [0.717, 1.165) is 36.8 Å². The normalized spacial score (nSPS) is 21.6. The number of rotatable bonds is 3. The Balaban J connectivity index is 2.38. The van der Waals surface area contributed by atoms with E-state index in [1.165, 1.54) is 0 Å². The van der Waals surface area contributed by atoms with Gasteiger partial charge in [0.2, 0.25) is 10.0 Å². The van der Waals surface area contributed by atoms with Crippen LogP contribution < -0.4 is 0 Å². The largest absolute Gasteiger partial charge is 0.243 e. The molecule has 1 aliphatic heterocycles. The van der Waals surface area contributed by atoms with E-state index < -0.39 is 10.0 Å². The summed E-state index contributed by atoms with van der Waals surface area (Å²) in [4.78, 5) is 0.387. The Morgan fingerprint density at radius 1 is 1.20 bits per heavy atom. The first kappa shape index (κ1) is 15.8. The Labute approximate surface area is 127 Å². The molecule has 20 heavy (non-hydrogen) atoms. The molecule has 1 saturated heterocycles. The van der Waals surface area contributed by atoms with Crippen molar-refractivity contribution in [3.63, 3.8) is 0 Å². The van der Waals surface area contributed by atoms with Crippen molar-refractivity contribution in [1.82, 2.24) is 4.31 Å². The van der Waals surface area contributed by atoms with E-state index in [-0.39, 0.29) is 6.04 Å². The fraction of sp³-hybridized carbons (Fsp3) is 0.600. The van der Waals surface area contributed by atoms with Gasteiger partial charge in [-0.05, 0) is 49.9 Å². The van der Waals surface area contributed by atoms with Gasteiger partial charge in [-0.15, -0.1) is 11.6 Å². The molecule has 1 unspecified atom stereocenters. The third-order valence-electron chi connectivity index (χ3n) is 4.09. The molecular formula is C15H22ClNO2S. The molecule has 0 saturated carbocycles. The fourth-order valence-corrected chi connectivity index (χ4v) is 4.81. The zero-order chi connectivity index (χ0) is 14.8. The first-order valence-corrected chi connectivity index (χ1v) is 9.09. The average molecular weight is 316 g/mol. The van der Waals surface area contributed by atoms with Gasteiger partial charge in [0.1, 0.15) is 0 Å². The molecule has 0 bridgehead atoms. The number of aryl methyl sites for hydroxylation is 2. The van der Waals surface area contributed by atoms with Gasteiger partial charge in [-0.2, -0.15) is 4.31 Å². The van der Waals surface area contributed by atoms with Crippen LogP contribution >= 0.6 is 11.6 Å². The Morgan fingerprint density at radius 2 is 1.95 bits per heavy atom. The van der Waals surface area contributed by atoms with Gasteiger partial charge in [0, 0.05) is 18.5 Å². The van der Waals surface area contributed by atoms with E-state index in [9.17, 15) is 8.42 Å². The number of hydrogen-bond donors (Lipinski definition) is 0. The third-order valence-corrected chi connectivity index (χ3v) is 6.39. The topological polar surface area (TPSA) is 37.4 Å². The lowest BCUT2D eigenvalue weighted by molar-refractivity contribution is 0.345. The number of sulfonamides is 1. The monoisotopic (exact) mass is 315 g/mol. The lowest BCUT2D eigenvalue weighted by atomic mass is 10.1.